The number of unbranched alkanes of at least 4 members (excludes halogenated alkanes) is 3. The molecule has 5 unspecified atom stereocenters. The molecule has 1 aliphatic carbocycles. The van der Waals surface area contributed by atoms with Crippen molar-refractivity contribution < 1.29 is 24.9 Å². The van der Waals surface area contributed by atoms with Crippen LogP contribution in [0.2, 0.25) is 0 Å². The molecule has 1 saturated carbocycles. The molecule has 2 rings (SSSR count). The molecule has 5 atom stereocenters. The van der Waals surface area contributed by atoms with Crippen molar-refractivity contribution in [2.24, 2.45) is 11.8 Å². The van der Waals surface area contributed by atoms with Crippen LogP contribution in [-0.4, -0.2) is 52.5 Å². The lowest BCUT2D eigenvalue weighted by Gasteiger charge is -2.24. The van der Waals surface area contributed by atoms with E-state index in [0.717, 1.165) is 43.4 Å². The number of hydrogen-bond acceptors (Lipinski definition) is 6. The number of rotatable bonds is 13. The average Bonchev–Trinajstić information content (AvgIpc) is 3.00. The molecule has 0 radical (unpaired) electrons. The maximum absolute atomic E-state index is 11.1. The molecular formula is C23H36O5S. The molecule has 0 saturated heterocycles. The van der Waals surface area contributed by atoms with Crippen LogP contribution in [0.5, 0.6) is 0 Å². The largest absolute Gasteiger partial charge is 0.469 e. The molecule has 0 bridgehead atoms. The molecule has 3 N–H and O–H groups in total. The maximum atomic E-state index is 11.1. The lowest BCUT2D eigenvalue weighted by molar-refractivity contribution is -0.140. The standard InChI is InChI=1S/C23H36O5S/c1-28-23(27)12-8-3-2-7-11-19-20(22(26)15-21(19)25)14-13-17(24)16-29-18-9-5-4-6-10-18/h4-6,9-10,17,19-22,24-26H,2-3,7-8,11-16H2,1H3. The van der Waals surface area contributed by atoms with E-state index < -0.39 is 18.3 Å². The number of benzene rings is 1. The van der Waals surface area contributed by atoms with E-state index in [4.69, 9.17) is 0 Å². The van der Waals surface area contributed by atoms with Crippen LogP contribution in [0, 0.1) is 11.8 Å². The summed E-state index contributed by atoms with van der Waals surface area (Å²) in [5, 5.41) is 31.1. The Bertz CT molecular complexity index is 582. The van der Waals surface area contributed by atoms with Gasteiger partial charge in [0, 0.05) is 17.1 Å². The van der Waals surface area contributed by atoms with Gasteiger partial charge in [0.05, 0.1) is 25.4 Å². The van der Waals surface area contributed by atoms with Crippen LogP contribution in [0.1, 0.15) is 57.8 Å². The highest BCUT2D eigenvalue weighted by atomic mass is 32.2. The third kappa shape index (κ3) is 8.67. The van der Waals surface area contributed by atoms with Gasteiger partial charge in [-0.15, -0.1) is 11.8 Å². The van der Waals surface area contributed by atoms with Crippen molar-refractivity contribution in [1.82, 2.24) is 0 Å². The molecule has 164 valence electrons. The van der Waals surface area contributed by atoms with Gasteiger partial charge in [0.1, 0.15) is 0 Å². The monoisotopic (exact) mass is 424 g/mol. The predicted octanol–water partition coefficient (Wildman–Crippen LogP) is 3.79. The highest BCUT2D eigenvalue weighted by Crippen LogP contribution is 2.39. The summed E-state index contributed by atoms with van der Waals surface area (Å²) >= 11 is 1.64. The maximum Gasteiger partial charge on any atom is 0.305 e. The Morgan fingerprint density at radius 2 is 1.72 bits per heavy atom. The third-order valence-electron chi connectivity index (χ3n) is 5.94. The van der Waals surface area contributed by atoms with E-state index in [1.807, 2.05) is 30.3 Å². The second kappa shape index (κ2) is 13.3. The Balaban J connectivity index is 1.67. The number of carbonyl (C=O) groups is 1. The Hall–Kier alpha value is -1.08. The van der Waals surface area contributed by atoms with Crippen LogP contribution in [0.4, 0.5) is 0 Å². The zero-order chi connectivity index (χ0) is 21.1. The first-order valence-electron chi connectivity index (χ1n) is 10.8. The van der Waals surface area contributed by atoms with Crippen LogP contribution < -0.4 is 0 Å². The number of methoxy groups -OCH3 is 1. The summed E-state index contributed by atoms with van der Waals surface area (Å²) in [6.45, 7) is 0. The number of esters is 1. The van der Waals surface area contributed by atoms with Crippen molar-refractivity contribution in [1.29, 1.82) is 0 Å². The SMILES string of the molecule is COC(=O)CCCCCCC1C(O)CC(O)C1CCC(O)CSc1ccccc1. The van der Waals surface area contributed by atoms with Gasteiger partial charge in [-0.3, -0.25) is 4.79 Å². The predicted molar refractivity (Wildman–Crippen MR) is 116 cm³/mol. The summed E-state index contributed by atoms with van der Waals surface area (Å²) in [5.74, 6) is 0.625. The van der Waals surface area contributed by atoms with Crippen molar-refractivity contribution in [3.63, 3.8) is 0 Å². The molecule has 1 aromatic carbocycles. The van der Waals surface area contributed by atoms with E-state index in [2.05, 4.69) is 4.74 Å². The van der Waals surface area contributed by atoms with Crippen molar-refractivity contribution in [3.8, 4) is 0 Å². The number of thioether (sulfide) groups is 1. The Kier molecular flexibility index (Phi) is 11.1. The summed E-state index contributed by atoms with van der Waals surface area (Å²) in [6.07, 6.45) is 5.61. The summed E-state index contributed by atoms with van der Waals surface area (Å²) in [5.41, 5.74) is 0. The first kappa shape index (κ1) is 24.2. The number of aliphatic hydroxyl groups excluding tert-OH is 3. The van der Waals surface area contributed by atoms with Gasteiger partial charge >= 0.3 is 5.97 Å². The molecule has 0 aliphatic heterocycles. The molecule has 0 amide bonds. The Morgan fingerprint density at radius 3 is 2.41 bits per heavy atom. The average molecular weight is 425 g/mol. The van der Waals surface area contributed by atoms with E-state index >= 15 is 0 Å². The summed E-state index contributed by atoms with van der Waals surface area (Å²) in [4.78, 5) is 12.3. The quantitative estimate of drug-likeness (QED) is 0.254. The summed E-state index contributed by atoms with van der Waals surface area (Å²) in [7, 11) is 1.41. The molecule has 0 spiro atoms. The number of ether oxygens (including phenoxy) is 1. The zero-order valence-electron chi connectivity index (χ0n) is 17.4. The molecule has 1 aromatic rings. The van der Waals surface area contributed by atoms with Crippen molar-refractivity contribution in [3.05, 3.63) is 30.3 Å². The van der Waals surface area contributed by atoms with Gasteiger partial charge < -0.3 is 20.1 Å². The van der Waals surface area contributed by atoms with Crippen LogP contribution >= 0.6 is 11.8 Å². The van der Waals surface area contributed by atoms with Gasteiger partial charge in [0.2, 0.25) is 0 Å². The minimum absolute atomic E-state index is 0.0523. The van der Waals surface area contributed by atoms with Crippen LogP contribution in [0.3, 0.4) is 0 Å². The van der Waals surface area contributed by atoms with Gasteiger partial charge in [-0.05, 0) is 56.1 Å². The number of hydrogen-bond donors (Lipinski definition) is 3. The lowest BCUT2D eigenvalue weighted by atomic mass is 9.85. The van der Waals surface area contributed by atoms with Crippen LogP contribution in [0.15, 0.2) is 35.2 Å². The van der Waals surface area contributed by atoms with E-state index in [9.17, 15) is 20.1 Å². The number of aliphatic hydroxyl groups is 3. The van der Waals surface area contributed by atoms with Gasteiger partial charge in [-0.2, -0.15) is 0 Å². The smallest absolute Gasteiger partial charge is 0.305 e. The molecule has 6 heteroatoms. The molecule has 0 heterocycles. The fourth-order valence-corrected chi connectivity index (χ4v) is 5.16. The first-order chi connectivity index (χ1) is 14.0. The van der Waals surface area contributed by atoms with Crippen molar-refractivity contribution in [2.75, 3.05) is 12.9 Å². The molecule has 0 aromatic heterocycles. The fraction of sp³-hybridized carbons (Fsp3) is 0.696. The van der Waals surface area contributed by atoms with Gasteiger partial charge in [-0.25, -0.2) is 0 Å². The lowest BCUT2D eigenvalue weighted by Crippen LogP contribution is -2.24. The van der Waals surface area contributed by atoms with Crippen molar-refractivity contribution >= 4 is 17.7 Å². The van der Waals surface area contributed by atoms with Crippen LogP contribution in [0.25, 0.3) is 0 Å². The Morgan fingerprint density at radius 1 is 1.07 bits per heavy atom. The molecule has 29 heavy (non-hydrogen) atoms. The summed E-state index contributed by atoms with van der Waals surface area (Å²) in [6, 6.07) is 10.0. The first-order valence-corrected chi connectivity index (χ1v) is 11.8. The van der Waals surface area contributed by atoms with E-state index in [1.54, 1.807) is 11.8 Å². The molecule has 5 nitrogen and oxygen atoms in total. The minimum Gasteiger partial charge on any atom is -0.469 e. The second-order valence-electron chi connectivity index (χ2n) is 8.08. The molecular weight excluding hydrogens is 388 g/mol. The third-order valence-corrected chi connectivity index (χ3v) is 7.09. The zero-order valence-corrected chi connectivity index (χ0v) is 18.2. The number of carbonyl (C=O) groups excluding carboxylic acids is 1. The summed E-state index contributed by atoms with van der Waals surface area (Å²) < 4.78 is 4.64. The van der Waals surface area contributed by atoms with Gasteiger partial charge in [0.25, 0.3) is 0 Å². The minimum atomic E-state index is -0.483. The normalized spacial score (nSPS) is 25.1. The molecule has 1 fully saturated rings. The van der Waals surface area contributed by atoms with E-state index in [-0.39, 0.29) is 17.8 Å². The van der Waals surface area contributed by atoms with Crippen molar-refractivity contribution in [2.45, 2.75) is 81.0 Å². The van der Waals surface area contributed by atoms with Crippen LogP contribution in [-0.2, 0) is 9.53 Å². The topological polar surface area (TPSA) is 87.0 Å². The highest BCUT2D eigenvalue weighted by Gasteiger charge is 2.40. The van der Waals surface area contributed by atoms with Gasteiger partial charge in [0.15, 0.2) is 0 Å². The fourth-order valence-electron chi connectivity index (χ4n) is 4.26. The van der Waals surface area contributed by atoms with E-state index in [0.29, 0.717) is 25.0 Å². The second-order valence-corrected chi connectivity index (χ2v) is 9.18. The van der Waals surface area contributed by atoms with E-state index in [1.165, 1.54) is 7.11 Å². The Labute approximate surface area is 178 Å². The highest BCUT2D eigenvalue weighted by molar-refractivity contribution is 7.99. The molecule has 1 aliphatic rings. The van der Waals surface area contributed by atoms with Gasteiger partial charge in [-0.1, -0.05) is 37.5 Å².